The van der Waals surface area contributed by atoms with Crippen LogP contribution in [0.1, 0.15) is 54.9 Å². The van der Waals surface area contributed by atoms with Crippen LogP contribution in [0.15, 0.2) is 59.2 Å². The number of anilines is 1. The van der Waals surface area contributed by atoms with Gasteiger partial charge in [0.25, 0.3) is 5.91 Å². The van der Waals surface area contributed by atoms with E-state index in [1.165, 1.54) is 0 Å². The van der Waals surface area contributed by atoms with Gasteiger partial charge in [-0.2, -0.15) is 5.26 Å². The average molecular weight is 486 g/mol. The Hall–Kier alpha value is -4.05. The normalized spacial score (nSPS) is 18.8. The molecule has 2 aromatic rings. The topological polar surface area (TPSA) is 114 Å². The molecule has 1 atom stereocenters. The van der Waals surface area contributed by atoms with Crippen molar-refractivity contribution in [2.45, 2.75) is 53.4 Å². The van der Waals surface area contributed by atoms with E-state index in [9.17, 15) is 14.9 Å². The summed E-state index contributed by atoms with van der Waals surface area (Å²) in [6, 6.07) is 13.3. The number of ether oxygens (including phenoxy) is 2. The van der Waals surface area contributed by atoms with Crippen LogP contribution in [-0.4, -0.2) is 18.3 Å². The number of rotatable bonds is 5. The summed E-state index contributed by atoms with van der Waals surface area (Å²) in [5.74, 6) is -0.215. The van der Waals surface area contributed by atoms with Gasteiger partial charge < -0.3 is 20.5 Å². The lowest BCUT2D eigenvalue weighted by atomic mass is 9.70. The monoisotopic (exact) mass is 485 g/mol. The fourth-order valence-electron chi connectivity index (χ4n) is 5.14. The molecule has 4 rings (SSSR count). The van der Waals surface area contributed by atoms with E-state index in [1.54, 1.807) is 24.3 Å². The number of nitrogens with zero attached hydrogens (tertiary/aromatic N) is 1. The second-order valence-electron chi connectivity index (χ2n) is 10.4. The van der Waals surface area contributed by atoms with Crippen molar-refractivity contribution in [2.24, 2.45) is 11.1 Å². The van der Waals surface area contributed by atoms with Crippen LogP contribution >= 0.6 is 0 Å². The minimum atomic E-state index is -0.719. The molecule has 0 spiro atoms. The maximum Gasteiger partial charge on any atom is 0.262 e. The molecule has 36 heavy (non-hydrogen) atoms. The molecule has 0 fully saturated rings. The first-order chi connectivity index (χ1) is 17.0. The van der Waals surface area contributed by atoms with E-state index >= 15 is 0 Å². The van der Waals surface area contributed by atoms with E-state index in [-0.39, 0.29) is 35.2 Å². The van der Waals surface area contributed by atoms with Crippen LogP contribution in [0.25, 0.3) is 0 Å². The zero-order chi connectivity index (χ0) is 26.2. The maximum atomic E-state index is 13.2. The summed E-state index contributed by atoms with van der Waals surface area (Å²) < 4.78 is 11.7. The number of Topliss-reactive ketones (excluding diaryl/α,β-unsaturated/α-hetero) is 1. The molecule has 0 saturated heterocycles. The Morgan fingerprint density at radius 2 is 1.86 bits per heavy atom. The summed E-state index contributed by atoms with van der Waals surface area (Å²) >= 11 is 0. The van der Waals surface area contributed by atoms with Crippen LogP contribution in [0.4, 0.5) is 5.69 Å². The summed E-state index contributed by atoms with van der Waals surface area (Å²) in [7, 11) is 0. The van der Waals surface area contributed by atoms with E-state index in [1.807, 2.05) is 46.8 Å². The summed E-state index contributed by atoms with van der Waals surface area (Å²) in [6.07, 6.45) is 0.871. The molecule has 0 radical (unpaired) electrons. The molecular formula is C29H31N3O4. The fraction of sp³-hybridized carbons (Fsp3) is 0.345. The van der Waals surface area contributed by atoms with E-state index in [2.05, 4.69) is 11.4 Å². The van der Waals surface area contributed by atoms with E-state index in [0.29, 0.717) is 35.5 Å². The van der Waals surface area contributed by atoms with Gasteiger partial charge in [-0.05, 0) is 43.4 Å². The second-order valence-corrected chi connectivity index (χ2v) is 10.4. The lowest BCUT2D eigenvalue weighted by Gasteiger charge is -2.37. The predicted molar refractivity (Wildman–Crippen MR) is 137 cm³/mol. The number of nitrogens with one attached hydrogen (secondary N) is 1. The van der Waals surface area contributed by atoms with Crippen molar-refractivity contribution in [3.05, 3.63) is 81.4 Å². The van der Waals surface area contributed by atoms with Gasteiger partial charge in [-0.3, -0.25) is 9.59 Å². The Balaban J connectivity index is 1.64. The molecule has 1 aliphatic heterocycles. The molecule has 1 unspecified atom stereocenters. The third-order valence-electron chi connectivity index (χ3n) is 6.61. The largest absolute Gasteiger partial charge is 0.483 e. The van der Waals surface area contributed by atoms with Crippen molar-refractivity contribution in [3.8, 4) is 11.8 Å². The molecule has 7 nitrogen and oxygen atoms in total. The first-order valence-electron chi connectivity index (χ1n) is 11.9. The highest BCUT2D eigenvalue weighted by Crippen LogP contribution is 2.49. The number of hydrogen-bond donors (Lipinski definition) is 2. The maximum absolute atomic E-state index is 13.2. The van der Waals surface area contributed by atoms with Crippen LogP contribution in [-0.2, 0) is 14.3 Å². The Labute approximate surface area is 211 Å². The zero-order valence-corrected chi connectivity index (χ0v) is 21.3. The van der Waals surface area contributed by atoms with Gasteiger partial charge in [0.15, 0.2) is 12.4 Å². The molecule has 1 amide bonds. The number of nitrogens with two attached hydrogens (primary N) is 1. The minimum absolute atomic E-state index is 0.00961. The van der Waals surface area contributed by atoms with Crippen molar-refractivity contribution >= 4 is 17.4 Å². The van der Waals surface area contributed by atoms with Crippen molar-refractivity contribution in [1.82, 2.24) is 0 Å². The Bertz CT molecular complexity index is 1340. The SMILES string of the molecule is Cc1cc(C)c(NC(=O)COc2ccccc2C2C(C#N)=C(N)OC3=C2C(=O)CC(C)(C)C3)c(C)c1. The predicted octanol–water partition coefficient (Wildman–Crippen LogP) is 5.08. The van der Waals surface area contributed by atoms with Gasteiger partial charge in [0.1, 0.15) is 23.2 Å². The number of carbonyl (C=O) groups excluding carboxylic acids is 2. The Kier molecular flexibility index (Phi) is 6.64. The summed E-state index contributed by atoms with van der Waals surface area (Å²) in [6.45, 7) is 9.67. The first kappa shape index (κ1) is 25.1. The highest BCUT2D eigenvalue weighted by Gasteiger charge is 2.43. The number of nitriles is 1. The molecule has 3 N–H and O–H groups in total. The number of aryl methyl sites for hydroxylation is 3. The van der Waals surface area contributed by atoms with Crippen molar-refractivity contribution < 1.29 is 19.1 Å². The van der Waals surface area contributed by atoms with Gasteiger partial charge >= 0.3 is 0 Å². The molecule has 0 aromatic heterocycles. The summed E-state index contributed by atoms with van der Waals surface area (Å²) in [4.78, 5) is 26.0. The minimum Gasteiger partial charge on any atom is -0.483 e. The van der Waals surface area contributed by atoms with Crippen LogP contribution in [0.2, 0.25) is 0 Å². The first-order valence-corrected chi connectivity index (χ1v) is 11.9. The number of carbonyl (C=O) groups is 2. The highest BCUT2D eigenvalue weighted by atomic mass is 16.5. The molecule has 2 aliphatic rings. The number of hydrogen-bond acceptors (Lipinski definition) is 6. The number of allylic oxidation sites excluding steroid dienone is 3. The van der Waals surface area contributed by atoms with Gasteiger partial charge in [0, 0.05) is 29.7 Å². The van der Waals surface area contributed by atoms with Crippen molar-refractivity contribution in [1.29, 1.82) is 5.26 Å². The van der Waals surface area contributed by atoms with Crippen LogP contribution in [0, 0.1) is 37.5 Å². The fourth-order valence-corrected chi connectivity index (χ4v) is 5.14. The number of amides is 1. The average Bonchev–Trinajstić information content (AvgIpc) is 2.78. The molecule has 1 heterocycles. The third kappa shape index (κ3) is 4.85. The van der Waals surface area contributed by atoms with Gasteiger partial charge in [-0.25, -0.2) is 0 Å². The molecule has 1 aliphatic carbocycles. The summed E-state index contributed by atoms with van der Waals surface area (Å²) in [5.41, 5.74) is 10.9. The van der Waals surface area contributed by atoms with E-state index in [4.69, 9.17) is 15.2 Å². The molecule has 7 heteroatoms. The molecular weight excluding hydrogens is 454 g/mol. The number of benzene rings is 2. The van der Waals surface area contributed by atoms with Crippen molar-refractivity contribution in [3.63, 3.8) is 0 Å². The quantitative estimate of drug-likeness (QED) is 0.610. The van der Waals surface area contributed by atoms with Crippen molar-refractivity contribution in [2.75, 3.05) is 11.9 Å². The van der Waals surface area contributed by atoms with Gasteiger partial charge in [-0.15, -0.1) is 0 Å². The van der Waals surface area contributed by atoms with E-state index < -0.39 is 5.92 Å². The third-order valence-corrected chi connectivity index (χ3v) is 6.61. The van der Waals surface area contributed by atoms with Crippen LogP contribution < -0.4 is 15.8 Å². The van der Waals surface area contributed by atoms with Gasteiger partial charge in [0.2, 0.25) is 5.88 Å². The smallest absolute Gasteiger partial charge is 0.262 e. The number of ketones is 1. The van der Waals surface area contributed by atoms with E-state index in [0.717, 1.165) is 22.4 Å². The van der Waals surface area contributed by atoms with Crippen LogP contribution in [0.5, 0.6) is 5.75 Å². The molecule has 2 aromatic carbocycles. The van der Waals surface area contributed by atoms with Crippen LogP contribution in [0.3, 0.4) is 0 Å². The Morgan fingerprint density at radius 1 is 1.19 bits per heavy atom. The summed E-state index contributed by atoms with van der Waals surface area (Å²) in [5, 5.41) is 12.8. The second kappa shape index (κ2) is 9.54. The lowest BCUT2D eigenvalue weighted by Crippen LogP contribution is -2.33. The number of para-hydroxylation sites is 1. The Morgan fingerprint density at radius 3 is 2.53 bits per heavy atom. The molecule has 186 valence electrons. The molecule has 0 bridgehead atoms. The zero-order valence-electron chi connectivity index (χ0n) is 21.3. The standard InChI is InChI=1S/C29H31N3O4/c1-16-10-17(2)27(18(3)11-16)32-24(34)15-35-22-9-7-6-8-19(22)25-20(14-30)28(31)36-23-13-29(4,5)12-21(33)26(23)25/h6-11,25H,12-13,15,31H2,1-5H3,(H,32,34). The lowest BCUT2D eigenvalue weighted by molar-refractivity contribution is -0.119. The van der Waals surface area contributed by atoms with Gasteiger partial charge in [0.05, 0.1) is 5.92 Å². The highest BCUT2D eigenvalue weighted by molar-refractivity contribution is 6.00. The van der Waals surface area contributed by atoms with Gasteiger partial charge in [-0.1, -0.05) is 49.7 Å². The molecule has 0 saturated carbocycles.